The lowest BCUT2D eigenvalue weighted by molar-refractivity contribution is 0.263. The van der Waals surface area contributed by atoms with Gasteiger partial charge in [0.2, 0.25) is 5.95 Å². The average Bonchev–Trinajstić information content (AvgIpc) is 2.77. The van der Waals surface area contributed by atoms with Gasteiger partial charge in [-0.3, -0.25) is 0 Å². The number of nitrogens with zero attached hydrogens (tertiary/aromatic N) is 3. The van der Waals surface area contributed by atoms with Gasteiger partial charge in [0.25, 0.3) is 0 Å². The van der Waals surface area contributed by atoms with Crippen molar-refractivity contribution in [3.05, 3.63) is 6.07 Å². The predicted molar refractivity (Wildman–Crippen MR) is 75.8 cm³/mol. The fourth-order valence-corrected chi connectivity index (χ4v) is 2.42. The van der Waals surface area contributed by atoms with Crippen molar-refractivity contribution in [1.82, 2.24) is 9.97 Å². The van der Waals surface area contributed by atoms with E-state index in [-0.39, 0.29) is 0 Å². The first-order valence-corrected chi connectivity index (χ1v) is 6.47. The van der Waals surface area contributed by atoms with Gasteiger partial charge in [0.15, 0.2) is 0 Å². The van der Waals surface area contributed by atoms with Crippen LogP contribution >= 0.6 is 0 Å². The molecule has 0 aliphatic carbocycles. The van der Waals surface area contributed by atoms with E-state index in [1.54, 1.807) is 0 Å². The molecule has 0 radical (unpaired) electrons. The molecule has 1 aliphatic heterocycles. The monoisotopic (exact) mass is 249 g/mol. The first kappa shape index (κ1) is 12.9. The third kappa shape index (κ3) is 2.66. The minimum Gasteiger partial charge on any atom is -0.373 e. The molecule has 1 fully saturated rings. The molecule has 0 spiro atoms. The molecule has 1 unspecified atom stereocenters. The third-order valence-corrected chi connectivity index (χ3v) is 3.72. The van der Waals surface area contributed by atoms with Crippen molar-refractivity contribution < 1.29 is 0 Å². The van der Waals surface area contributed by atoms with Crippen molar-refractivity contribution in [2.24, 2.45) is 11.3 Å². The SMILES string of the molecule is CNc1cc(N2CCC(C(C)(C)C)C2)nc(N)n1. The summed E-state index contributed by atoms with van der Waals surface area (Å²) in [6, 6.07) is 1.96. The summed E-state index contributed by atoms with van der Waals surface area (Å²) in [7, 11) is 1.84. The molecule has 0 saturated carbocycles. The number of hydrogen-bond donors (Lipinski definition) is 2. The molecule has 100 valence electrons. The summed E-state index contributed by atoms with van der Waals surface area (Å²) in [4.78, 5) is 10.8. The number of nitrogens with one attached hydrogen (secondary N) is 1. The maximum Gasteiger partial charge on any atom is 0.223 e. The Hall–Kier alpha value is -1.52. The van der Waals surface area contributed by atoms with E-state index in [0.717, 1.165) is 24.7 Å². The Morgan fingerprint density at radius 1 is 1.39 bits per heavy atom. The number of anilines is 3. The van der Waals surface area contributed by atoms with E-state index in [1.165, 1.54) is 6.42 Å². The Morgan fingerprint density at radius 2 is 2.11 bits per heavy atom. The lowest BCUT2D eigenvalue weighted by Crippen LogP contribution is -2.26. The van der Waals surface area contributed by atoms with E-state index < -0.39 is 0 Å². The highest BCUT2D eigenvalue weighted by Gasteiger charge is 2.32. The predicted octanol–water partition coefficient (Wildman–Crippen LogP) is 1.97. The van der Waals surface area contributed by atoms with Gasteiger partial charge in [-0.25, -0.2) is 0 Å². The van der Waals surface area contributed by atoms with Crippen LogP contribution in [0.3, 0.4) is 0 Å². The van der Waals surface area contributed by atoms with Crippen molar-refractivity contribution in [2.45, 2.75) is 27.2 Å². The van der Waals surface area contributed by atoms with Crippen LogP contribution in [0.25, 0.3) is 0 Å². The van der Waals surface area contributed by atoms with Crippen molar-refractivity contribution >= 4 is 17.6 Å². The van der Waals surface area contributed by atoms with E-state index >= 15 is 0 Å². The molecule has 1 atom stereocenters. The van der Waals surface area contributed by atoms with Gasteiger partial charge >= 0.3 is 0 Å². The summed E-state index contributed by atoms with van der Waals surface area (Å²) in [5, 5.41) is 3.02. The summed E-state index contributed by atoms with van der Waals surface area (Å²) < 4.78 is 0. The topological polar surface area (TPSA) is 67.1 Å². The molecule has 2 rings (SSSR count). The number of nitrogens with two attached hydrogens (primary N) is 1. The summed E-state index contributed by atoms with van der Waals surface area (Å²) in [5.41, 5.74) is 6.08. The highest BCUT2D eigenvalue weighted by Crippen LogP contribution is 2.35. The van der Waals surface area contributed by atoms with Crippen LogP contribution in [0.5, 0.6) is 0 Å². The largest absolute Gasteiger partial charge is 0.373 e. The molecule has 2 heterocycles. The molecule has 1 aromatic heterocycles. The second kappa shape index (κ2) is 4.63. The first-order valence-electron chi connectivity index (χ1n) is 6.47. The fraction of sp³-hybridized carbons (Fsp3) is 0.692. The van der Waals surface area contributed by atoms with Gasteiger partial charge in [-0.05, 0) is 17.8 Å². The fourth-order valence-electron chi connectivity index (χ4n) is 2.42. The Balaban J connectivity index is 2.16. The number of aromatic nitrogens is 2. The molecule has 18 heavy (non-hydrogen) atoms. The average molecular weight is 249 g/mol. The second-order valence-electron chi connectivity index (χ2n) is 6.02. The minimum absolute atomic E-state index is 0.330. The normalized spacial score (nSPS) is 20.2. The molecule has 1 aromatic rings. The van der Waals surface area contributed by atoms with Gasteiger partial charge in [-0.2, -0.15) is 9.97 Å². The van der Waals surface area contributed by atoms with Crippen LogP contribution in [0.15, 0.2) is 6.07 Å². The standard InChI is InChI=1S/C13H23N5/c1-13(2,3)9-5-6-18(8-9)11-7-10(15-4)16-12(14)17-11/h7,9H,5-6,8H2,1-4H3,(H3,14,15,16,17). The van der Waals surface area contributed by atoms with Crippen LogP contribution in [0, 0.1) is 11.3 Å². The van der Waals surface area contributed by atoms with Crippen LogP contribution in [0.2, 0.25) is 0 Å². The molecule has 0 amide bonds. The zero-order valence-electron chi connectivity index (χ0n) is 11.7. The molecule has 1 aliphatic rings. The molecule has 0 bridgehead atoms. The lowest BCUT2D eigenvalue weighted by Gasteiger charge is -2.27. The van der Waals surface area contributed by atoms with E-state index in [0.29, 0.717) is 17.3 Å². The minimum atomic E-state index is 0.330. The smallest absolute Gasteiger partial charge is 0.223 e. The number of hydrogen-bond acceptors (Lipinski definition) is 5. The highest BCUT2D eigenvalue weighted by atomic mass is 15.2. The summed E-state index contributed by atoms with van der Waals surface area (Å²) in [5.74, 6) is 2.73. The maximum atomic E-state index is 5.73. The molecule has 0 aromatic carbocycles. The zero-order chi connectivity index (χ0) is 13.3. The lowest BCUT2D eigenvalue weighted by atomic mass is 9.80. The summed E-state index contributed by atoms with van der Waals surface area (Å²) in [6.45, 7) is 8.99. The van der Waals surface area contributed by atoms with E-state index in [9.17, 15) is 0 Å². The molecular weight excluding hydrogens is 226 g/mol. The van der Waals surface area contributed by atoms with Crippen LogP contribution in [-0.2, 0) is 0 Å². The Bertz CT molecular complexity index is 424. The Morgan fingerprint density at radius 3 is 2.67 bits per heavy atom. The first-order chi connectivity index (χ1) is 8.40. The Labute approximate surface area is 109 Å². The van der Waals surface area contributed by atoms with Crippen molar-refractivity contribution in [3.8, 4) is 0 Å². The molecular formula is C13H23N5. The van der Waals surface area contributed by atoms with Gasteiger partial charge < -0.3 is 16.0 Å². The van der Waals surface area contributed by atoms with E-state index in [2.05, 4.69) is 41.0 Å². The van der Waals surface area contributed by atoms with Crippen LogP contribution in [0.1, 0.15) is 27.2 Å². The van der Waals surface area contributed by atoms with E-state index in [4.69, 9.17) is 5.73 Å². The maximum absolute atomic E-state index is 5.73. The summed E-state index contributed by atoms with van der Waals surface area (Å²) in [6.07, 6.45) is 1.21. The number of nitrogen functional groups attached to an aromatic ring is 1. The van der Waals surface area contributed by atoms with Gasteiger partial charge in [0.05, 0.1) is 0 Å². The third-order valence-electron chi connectivity index (χ3n) is 3.72. The van der Waals surface area contributed by atoms with Crippen molar-refractivity contribution in [3.63, 3.8) is 0 Å². The van der Waals surface area contributed by atoms with Gasteiger partial charge in [-0.1, -0.05) is 20.8 Å². The molecule has 3 N–H and O–H groups in total. The molecule has 5 nitrogen and oxygen atoms in total. The van der Waals surface area contributed by atoms with E-state index in [1.807, 2.05) is 13.1 Å². The summed E-state index contributed by atoms with van der Waals surface area (Å²) >= 11 is 0. The number of rotatable bonds is 2. The van der Waals surface area contributed by atoms with Crippen LogP contribution in [-0.4, -0.2) is 30.1 Å². The highest BCUT2D eigenvalue weighted by molar-refractivity contribution is 5.52. The van der Waals surface area contributed by atoms with Crippen molar-refractivity contribution in [1.29, 1.82) is 0 Å². The van der Waals surface area contributed by atoms with Gasteiger partial charge in [0, 0.05) is 26.2 Å². The molecule has 1 saturated heterocycles. The van der Waals surface area contributed by atoms with Crippen molar-refractivity contribution in [2.75, 3.05) is 36.1 Å². The van der Waals surface area contributed by atoms with Crippen LogP contribution < -0.4 is 16.0 Å². The van der Waals surface area contributed by atoms with Crippen LogP contribution in [0.4, 0.5) is 17.6 Å². The van der Waals surface area contributed by atoms with Gasteiger partial charge in [-0.15, -0.1) is 0 Å². The molecule has 5 heteroatoms. The zero-order valence-corrected chi connectivity index (χ0v) is 11.7. The van der Waals surface area contributed by atoms with Gasteiger partial charge in [0.1, 0.15) is 11.6 Å². The quantitative estimate of drug-likeness (QED) is 0.839. The Kier molecular flexibility index (Phi) is 3.32. The second-order valence-corrected chi connectivity index (χ2v) is 6.02.